The molecule has 2 aromatic heterocycles. The van der Waals surface area contributed by atoms with Crippen molar-refractivity contribution in [3.05, 3.63) is 36.3 Å². The summed E-state index contributed by atoms with van der Waals surface area (Å²) in [4.78, 5) is 14.7. The zero-order valence-electron chi connectivity index (χ0n) is 9.63. The molecular weight excluding hydrogens is 216 g/mol. The van der Waals surface area contributed by atoms with E-state index in [9.17, 15) is 4.79 Å². The summed E-state index contributed by atoms with van der Waals surface area (Å²) in [5.74, 6) is -0.317. The van der Waals surface area contributed by atoms with Gasteiger partial charge in [-0.15, -0.1) is 0 Å². The van der Waals surface area contributed by atoms with Gasteiger partial charge in [0, 0.05) is 37.1 Å². The van der Waals surface area contributed by atoms with E-state index in [-0.39, 0.29) is 5.91 Å². The van der Waals surface area contributed by atoms with Crippen LogP contribution in [0, 0.1) is 6.92 Å². The molecule has 0 saturated heterocycles. The summed E-state index contributed by atoms with van der Waals surface area (Å²) < 4.78 is 1.72. The minimum absolute atomic E-state index is 0.302. The predicted octanol–water partition coefficient (Wildman–Crippen LogP) is 1.13. The van der Waals surface area contributed by atoms with Crippen LogP contribution in [0.2, 0.25) is 0 Å². The Morgan fingerprint density at radius 2 is 2.29 bits per heavy atom. The van der Waals surface area contributed by atoms with Crippen molar-refractivity contribution in [2.24, 2.45) is 5.73 Å². The Morgan fingerprint density at radius 3 is 3.00 bits per heavy atom. The maximum absolute atomic E-state index is 10.7. The molecule has 0 fully saturated rings. The van der Waals surface area contributed by atoms with Crippen LogP contribution in [0.4, 0.5) is 0 Å². The third-order valence-corrected chi connectivity index (χ3v) is 2.52. The number of rotatable bonds is 4. The van der Waals surface area contributed by atoms with E-state index in [4.69, 9.17) is 5.73 Å². The number of nitrogens with two attached hydrogens (primary N) is 1. The number of aryl methyl sites for hydroxylation is 2. The van der Waals surface area contributed by atoms with Crippen LogP contribution in [0.5, 0.6) is 0 Å². The fraction of sp³-hybridized carbons (Fsp3) is 0.250. The Bertz CT molecular complexity index is 533. The van der Waals surface area contributed by atoms with Gasteiger partial charge < -0.3 is 5.73 Å². The molecule has 0 aliphatic heterocycles. The molecule has 0 radical (unpaired) electrons. The second kappa shape index (κ2) is 4.78. The normalized spacial score (nSPS) is 10.4. The molecule has 2 aromatic rings. The minimum Gasteiger partial charge on any atom is -0.370 e. The highest BCUT2D eigenvalue weighted by Gasteiger charge is 2.05. The lowest BCUT2D eigenvalue weighted by molar-refractivity contribution is -0.118. The van der Waals surface area contributed by atoms with Gasteiger partial charge in [0.15, 0.2) is 0 Å². The van der Waals surface area contributed by atoms with Crippen LogP contribution in [0.1, 0.15) is 12.0 Å². The first-order valence-corrected chi connectivity index (χ1v) is 5.39. The van der Waals surface area contributed by atoms with Crippen molar-refractivity contribution < 1.29 is 4.79 Å². The van der Waals surface area contributed by atoms with E-state index in [2.05, 4.69) is 10.1 Å². The van der Waals surface area contributed by atoms with E-state index >= 15 is 0 Å². The van der Waals surface area contributed by atoms with Gasteiger partial charge in [-0.2, -0.15) is 5.10 Å². The summed E-state index contributed by atoms with van der Waals surface area (Å²) in [6.07, 6.45) is 5.69. The van der Waals surface area contributed by atoms with Crippen molar-refractivity contribution in [1.82, 2.24) is 14.8 Å². The van der Waals surface area contributed by atoms with Gasteiger partial charge in [-0.05, 0) is 24.6 Å². The number of nitrogens with zero attached hydrogens (tertiary/aromatic N) is 3. The molecule has 1 amide bonds. The zero-order chi connectivity index (χ0) is 12.3. The first-order valence-electron chi connectivity index (χ1n) is 5.39. The topological polar surface area (TPSA) is 73.8 Å². The van der Waals surface area contributed by atoms with Gasteiger partial charge in [0.2, 0.25) is 5.91 Å². The Kier molecular flexibility index (Phi) is 3.18. The highest BCUT2D eigenvalue weighted by atomic mass is 16.1. The molecule has 2 heterocycles. The summed E-state index contributed by atoms with van der Waals surface area (Å²) in [6, 6.07) is 3.85. The summed E-state index contributed by atoms with van der Waals surface area (Å²) in [5.41, 5.74) is 8.11. The number of hydrogen-bond acceptors (Lipinski definition) is 3. The number of carbonyl (C=O) groups excluding carboxylic acids is 1. The second-order valence-corrected chi connectivity index (χ2v) is 3.87. The number of primary amides is 1. The van der Waals surface area contributed by atoms with Crippen molar-refractivity contribution in [2.45, 2.75) is 19.9 Å². The lowest BCUT2D eigenvalue weighted by Gasteiger charge is -2.01. The first-order chi connectivity index (χ1) is 8.16. The molecule has 0 saturated carbocycles. The number of aromatic nitrogens is 3. The summed E-state index contributed by atoms with van der Waals surface area (Å²) in [7, 11) is 0. The van der Waals surface area contributed by atoms with Crippen LogP contribution in [0.15, 0.2) is 30.7 Å². The standard InChI is InChI=1S/C12H14N4O/c1-9-8-14-5-2-10(9)11-3-6-16(15-11)7-4-12(13)17/h2-3,5-6,8H,4,7H2,1H3,(H2,13,17). The molecule has 0 atom stereocenters. The van der Waals surface area contributed by atoms with E-state index in [1.54, 1.807) is 17.1 Å². The Balaban J connectivity index is 2.18. The van der Waals surface area contributed by atoms with Gasteiger partial charge in [0.1, 0.15) is 0 Å². The molecule has 2 rings (SSSR count). The quantitative estimate of drug-likeness (QED) is 0.855. The van der Waals surface area contributed by atoms with E-state index in [1.807, 2.05) is 25.3 Å². The summed E-state index contributed by atoms with van der Waals surface area (Å²) in [5, 5.41) is 4.39. The third-order valence-electron chi connectivity index (χ3n) is 2.52. The smallest absolute Gasteiger partial charge is 0.219 e. The lowest BCUT2D eigenvalue weighted by atomic mass is 10.1. The van der Waals surface area contributed by atoms with Gasteiger partial charge in [0.25, 0.3) is 0 Å². The zero-order valence-corrected chi connectivity index (χ0v) is 9.63. The van der Waals surface area contributed by atoms with Gasteiger partial charge >= 0.3 is 0 Å². The van der Waals surface area contributed by atoms with E-state index in [0.29, 0.717) is 13.0 Å². The Hall–Kier alpha value is -2.17. The Labute approximate surface area is 99.3 Å². The average molecular weight is 230 g/mol. The highest BCUT2D eigenvalue weighted by molar-refractivity contribution is 5.73. The minimum atomic E-state index is -0.317. The van der Waals surface area contributed by atoms with Crippen LogP contribution in [-0.4, -0.2) is 20.7 Å². The van der Waals surface area contributed by atoms with Crippen LogP contribution in [0.25, 0.3) is 11.3 Å². The lowest BCUT2D eigenvalue weighted by Crippen LogP contribution is -2.14. The molecule has 2 N–H and O–H groups in total. The van der Waals surface area contributed by atoms with Gasteiger partial charge in [0.05, 0.1) is 5.69 Å². The number of pyridine rings is 1. The SMILES string of the molecule is Cc1cnccc1-c1ccn(CCC(N)=O)n1. The summed E-state index contributed by atoms with van der Waals surface area (Å²) >= 11 is 0. The molecule has 0 aliphatic carbocycles. The van der Waals surface area contributed by atoms with Crippen molar-refractivity contribution in [3.8, 4) is 11.3 Å². The van der Waals surface area contributed by atoms with E-state index < -0.39 is 0 Å². The fourth-order valence-electron chi connectivity index (χ4n) is 1.62. The number of amides is 1. The number of hydrogen-bond donors (Lipinski definition) is 1. The fourth-order valence-corrected chi connectivity index (χ4v) is 1.62. The van der Waals surface area contributed by atoms with Crippen LogP contribution >= 0.6 is 0 Å². The Morgan fingerprint density at radius 1 is 1.47 bits per heavy atom. The molecule has 88 valence electrons. The molecule has 0 aromatic carbocycles. The van der Waals surface area contributed by atoms with Gasteiger partial charge in [-0.1, -0.05) is 0 Å². The maximum Gasteiger partial charge on any atom is 0.219 e. The predicted molar refractivity (Wildman–Crippen MR) is 64.0 cm³/mol. The maximum atomic E-state index is 10.7. The molecule has 5 nitrogen and oxygen atoms in total. The highest BCUT2D eigenvalue weighted by Crippen LogP contribution is 2.19. The van der Waals surface area contributed by atoms with Crippen molar-refractivity contribution >= 4 is 5.91 Å². The molecule has 17 heavy (non-hydrogen) atoms. The van der Waals surface area contributed by atoms with Crippen LogP contribution in [0.3, 0.4) is 0 Å². The first kappa shape index (κ1) is 11.3. The summed E-state index contributed by atoms with van der Waals surface area (Å²) in [6.45, 7) is 2.50. The third kappa shape index (κ3) is 2.69. The van der Waals surface area contributed by atoms with Crippen LogP contribution in [-0.2, 0) is 11.3 Å². The molecule has 0 bridgehead atoms. The molecular formula is C12H14N4O. The van der Waals surface area contributed by atoms with Crippen molar-refractivity contribution in [1.29, 1.82) is 0 Å². The largest absolute Gasteiger partial charge is 0.370 e. The van der Waals surface area contributed by atoms with Crippen molar-refractivity contribution in [2.75, 3.05) is 0 Å². The number of carbonyl (C=O) groups is 1. The van der Waals surface area contributed by atoms with Crippen molar-refractivity contribution in [3.63, 3.8) is 0 Å². The van der Waals surface area contributed by atoms with Gasteiger partial charge in [-0.3, -0.25) is 14.5 Å². The second-order valence-electron chi connectivity index (χ2n) is 3.87. The van der Waals surface area contributed by atoms with Gasteiger partial charge in [-0.25, -0.2) is 0 Å². The molecule has 0 unspecified atom stereocenters. The molecule has 0 spiro atoms. The monoisotopic (exact) mass is 230 g/mol. The van der Waals surface area contributed by atoms with Crippen LogP contribution < -0.4 is 5.73 Å². The molecule has 0 aliphatic rings. The molecule has 5 heteroatoms. The van der Waals surface area contributed by atoms with E-state index in [0.717, 1.165) is 16.8 Å². The average Bonchev–Trinajstić information content (AvgIpc) is 2.75. The van der Waals surface area contributed by atoms with E-state index in [1.165, 1.54) is 0 Å².